The number of nitrogens with zero attached hydrogens (tertiary/aromatic N) is 1. The SMILES string of the molecule is CC(C)CC1CCCC(=O)N1C. The molecule has 2 nitrogen and oxygen atoms in total. The van der Waals surface area contributed by atoms with Crippen LogP contribution < -0.4 is 0 Å². The summed E-state index contributed by atoms with van der Waals surface area (Å²) in [5.41, 5.74) is 0. The van der Waals surface area contributed by atoms with E-state index in [-0.39, 0.29) is 0 Å². The summed E-state index contributed by atoms with van der Waals surface area (Å²) in [6, 6.07) is 0.506. The van der Waals surface area contributed by atoms with Crippen molar-refractivity contribution < 1.29 is 4.79 Å². The van der Waals surface area contributed by atoms with Crippen LogP contribution in [-0.2, 0) is 4.79 Å². The Morgan fingerprint density at radius 3 is 2.83 bits per heavy atom. The predicted molar refractivity (Wildman–Crippen MR) is 49.9 cm³/mol. The number of carbonyl (C=O) groups excluding carboxylic acids is 1. The highest BCUT2D eigenvalue weighted by Gasteiger charge is 2.24. The Hall–Kier alpha value is -0.530. The van der Waals surface area contributed by atoms with Gasteiger partial charge in [-0.05, 0) is 25.2 Å². The van der Waals surface area contributed by atoms with E-state index in [4.69, 9.17) is 0 Å². The van der Waals surface area contributed by atoms with E-state index in [0.29, 0.717) is 17.9 Å². The fourth-order valence-corrected chi connectivity index (χ4v) is 1.88. The molecule has 0 bridgehead atoms. The van der Waals surface area contributed by atoms with Crippen molar-refractivity contribution in [1.82, 2.24) is 4.90 Å². The molecule has 1 atom stereocenters. The number of hydrogen-bond acceptors (Lipinski definition) is 1. The smallest absolute Gasteiger partial charge is 0.222 e. The third-order valence-electron chi connectivity index (χ3n) is 2.61. The average Bonchev–Trinajstić information content (AvgIpc) is 1.98. The molecule has 1 rings (SSSR count). The van der Waals surface area contributed by atoms with E-state index in [9.17, 15) is 4.79 Å². The second-order valence-electron chi connectivity index (χ2n) is 4.18. The Kier molecular flexibility index (Phi) is 3.12. The van der Waals surface area contributed by atoms with Gasteiger partial charge in [0.15, 0.2) is 0 Å². The largest absolute Gasteiger partial charge is 0.343 e. The van der Waals surface area contributed by atoms with Crippen LogP contribution in [-0.4, -0.2) is 23.9 Å². The Labute approximate surface area is 74.9 Å². The molecule has 1 aliphatic rings. The molecule has 0 N–H and O–H groups in total. The van der Waals surface area contributed by atoms with Gasteiger partial charge in [-0.2, -0.15) is 0 Å². The van der Waals surface area contributed by atoms with Gasteiger partial charge in [0.2, 0.25) is 5.91 Å². The van der Waals surface area contributed by atoms with Crippen molar-refractivity contribution in [2.24, 2.45) is 5.92 Å². The van der Waals surface area contributed by atoms with Gasteiger partial charge in [-0.25, -0.2) is 0 Å². The van der Waals surface area contributed by atoms with E-state index >= 15 is 0 Å². The third kappa shape index (κ3) is 2.23. The van der Waals surface area contributed by atoms with Gasteiger partial charge in [0.05, 0.1) is 0 Å². The van der Waals surface area contributed by atoms with Crippen LogP contribution in [0.4, 0.5) is 0 Å². The molecule has 2 heteroatoms. The van der Waals surface area contributed by atoms with E-state index in [0.717, 1.165) is 19.3 Å². The molecule has 1 amide bonds. The lowest BCUT2D eigenvalue weighted by Gasteiger charge is -2.33. The van der Waals surface area contributed by atoms with Crippen LogP contribution >= 0.6 is 0 Å². The maximum Gasteiger partial charge on any atom is 0.222 e. The zero-order valence-electron chi connectivity index (χ0n) is 8.34. The van der Waals surface area contributed by atoms with Crippen LogP contribution in [0.15, 0.2) is 0 Å². The van der Waals surface area contributed by atoms with Crippen molar-refractivity contribution in [1.29, 1.82) is 0 Å². The van der Waals surface area contributed by atoms with Crippen molar-refractivity contribution in [2.75, 3.05) is 7.05 Å². The second-order valence-corrected chi connectivity index (χ2v) is 4.18. The van der Waals surface area contributed by atoms with Gasteiger partial charge in [-0.3, -0.25) is 4.79 Å². The normalized spacial score (nSPS) is 25.2. The van der Waals surface area contributed by atoms with Crippen LogP contribution in [0.2, 0.25) is 0 Å². The summed E-state index contributed by atoms with van der Waals surface area (Å²) in [6.07, 6.45) is 4.19. The van der Waals surface area contributed by atoms with Crippen LogP contribution in [0.25, 0.3) is 0 Å². The lowest BCUT2D eigenvalue weighted by atomic mass is 9.94. The number of piperidine rings is 1. The molecule has 1 unspecified atom stereocenters. The van der Waals surface area contributed by atoms with Crippen molar-refractivity contribution >= 4 is 5.91 Å². The molecule has 0 aromatic rings. The van der Waals surface area contributed by atoms with Crippen LogP contribution in [0, 0.1) is 5.92 Å². The molecule has 12 heavy (non-hydrogen) atoms. The Morgan fingerprint density at radius 2 is 2.25 bits per heavy atom. The van der Waals surface area contributed by atoms with Crippen molar-refractivity contribution in [2.45, 2.75) is 45.6 Å². The monoisotopic (exact) mass is 169 g/mol. The molecule has 1 aliphatic heterocycles. The lowest BCUT2D eigenvalue weighted by Crippen LogP contribution is -2.41. The first-order valence-electron chi connectivity index (χ1n) is 4.87. The highest BCUT2D eigenvalue weighted by molar-refractivity contribution is 5.76. The molecule has 0 aromatic heterocycles. The number of hydrogen-bond donors (Lipinski definition) is 0. The number of likely N-dealkylation sites (tertiary alicyclic amines) is 1. The highest BCUT2D eigenvalue weighted by Crippen LogP contribution is 2.21. The third-order valence-corrected chi connectivity index (χ3v) is 2.61. The fourth-order valence-electron chi connectivity index (χ4n) is 1.88. The Balaban J connectivity index is 2.46. The summed E-state index contributed by atoms with van der Waals surface area (Å²) >= 11 is 0. The lowest BCUT2D eigenvalue weighted by molar-refractivity contribution is -0.134. The maximum absolute atomic E-state index is 11.3. The van der Waals surface area contributed by atoms with E-state index in [1.165, 1.54) is 6.42 Å². The molecule has 0 saturated carbocycles. The fraction of sp³-hybridized carbons (Fsp3) is 0.900. The van der Waals surface area contributed by atoms with Crippen molar-refractivity contribution in [3.05, 3.63) is 0 Å². The van der Waals surface area contributed by atoms with Gasteiger partial charge in [0, 0.05) is 19.5 Å². The Morgan fingerprint density at radius 1 is 1.58 bits per heavy atom. The molecular weight excluding hydrogens is 150 g/mol. The van der Waals surface area contributed by atoms with E-state index in [2.05, 4.69) is 13.8 Å². The van der Waals surface area contributed by atoms with Gasteiger partial charge < -0.3 is 4.90 Å². The first-order chi connectivity index (χ1) is 5.61. The summed E-state index contributed by atoms with van der Waals surface area (Å²) in [5.74, 6) is 1.02. The van der Waals surface area contributed by atoms with E-state index in [1.54, 1.807) is 0 Å². The van der Waals surface area contributed by atoms with Gasteiger partial charge in [-0.1, -0.05) is 13.8 Å². The van der Waals surface area contributed by atoms with Crippen LogP contribution in [0.1, 0.15) is 39.5 Å². The molecule has 70 valence electrons. The molecule has 0 radical (unpaired) electrons. The molecule has 1 heterocycles. The van der Waals surface area contributed by atoms with Gasteiger partial charge >= 0.3 is 0 Å². The van der Waals surface area contributed by atoms with Crippen LogP contribution in [0.5, 0.6) is 0 Å². The number of rotatable bonds is 2. The minimum atomic E-state index is 0.326. The highest BCUT2D eigenvalue weighted by atomic mass is 16.2. The summed E-state index contributed by atoms with van der Waals surface area (Å²) < 4.78 is 0. The average molecular weight is 169 g/mol. The van der Waals surface area contributed by atoms with Gasteiger partial charge in [-0.15, -0.1) is 0 Å². The van der Waals surface area contributed by atoms with Crippen molar-refractivity contribution in [3.63, 3.8) is 0 Å². The second kappa shape index (κ2) is 3.92. The summed E-state index contributed by atoms with van der Waals surface area (Å²) in [7, 11) is 1.94. The molecule has 0 aliphatic carbocycles. The summed E-state index contributed by atoms with van der Waals surface area (Å²) in [4.78, 5) is 13.2. The zero-order chi connectivity index (χ0) is 9.14. The van der Waals surface area contributed by atoms with Crippen LogP contribution in [0.3, 0.4) is 0 Å². The minimum Gasteiger partial charge on any atom is -0.343 e. The Bertz CT molecular complexity index is 165. The predicted octanol–water partition coefficient (Wildman–Crippen LogP) is 2.04. The van der Waals surface area contributed by atoms with E-state index in [1.807, 2.05) is 11.9 Å². The molecule has 1 saturated heterocycles. The van der Waals surface area contributed by atoms with E-state index < -0.39 is 0 Å². The standard InChI is InChI=1S/C10H19NO/c1-8(2)7-9-5-4-6-10(12)11(9)3/h8-9H,4-7H2,1-3H3. The molecule has 1 fully saturated rings. The zero-order valence-corrected chi connectivity index (χ0v) is 8.34. The quantitative estimate of drug-likeness (QED) is 0.619. The van der Waals surface area contributed by atoms with Crippen molar-refractivity contribution in [3.8, 4) is 0 Å². The first-order valence-corrected chi connectivity index (χ1v) is 4.87. The minimum absolute atomic E-state index is 0.326. The topological polar surface area (TPSA) is 20.3 Å². The molecule has 0 aromatic carbocycles. The summed E-state index contributed by atoms with van der Waals surface area (Å²) in [5, 5.41) is 0. The number of amides is 1. The number of carbonyl (C=O) groups is 1. The maximum atomic E-state index is 11.3. The summed E-state index contributed by atoms with van der Waals surface area (Å²) in [6.45, 7) is 4.43. The molecule has 0 spiro atoms. The molecular formula is C10H19NO. The van der Waals surface area contributed by atoms with Gasteiger partial charge in [0.25, 0.3) is 0 Å². The van der Waals surface area contributed by atoms with Gasteiger partial charge in [0.1, 0.15) is 0 Å². The first kappa shape index (κ1) is 9.56.